The van der Waals surface area contributed by atoms with Gasteiger partial charge in [-0.3, -0.25) is 4.80 Å². The minimum Gasteiger partial charge on any atom is -0.420 e. The molecular weight excluding hydrogens is 337 g/mol. The fourth-order valence-electron chi connectivity index (χ4n) is 2.07. The molecule has 0 heterocycles. The first-order valence-electron chi connectivity index (χ1n) is 7.69. The molecule has 0 aliphatic heterocycles. The van der Waals surface area contributed by atoms with Crippen LogP contribution in [0.5, 0.6) is 0 Å². The molecule has 0 bridgehead atoms. The van der Waals surface area contributed by atoms with E-state index < -0.39 is 44.2 Å². The maximum absolute atomic E-state index is 11.9. The van der Waals surface area contributed by atoms with Crippen LogP contribution in [0.1, 0.15) is 6.42 Å². The molecule has 0 rings (SSSR count). The van der Waals surface area contributed by atoms with Crippen LogP contribution >= 0.6 is 0 Å². The van der Waals surface area contributed by atoms with E-state index in [-0.39, 0.29) is 0 Å². The van der Waals surface area contributed by atoms with Crippen LogP contribution in [0.15, 0.2) is 0 Å². The maximum atomic E-state index is 11.9. The molecule has 0 aromatic rings. The molecule has 0 aliphatic carbocycles. The second kappa shape index (κ2) is 9.15. The van der Waals surface area contributed by atoms with E-state index in [0.29, 0.717) is 0 Å². The summed E-state index contributed by atoms with van der Waals surface area (Å²) in [6, 6.07) is 1.63. The summed E-state index contributed by atoms with van der Waals surface area (Å²) in [5, 5.41) is 0. The van der Waals surface area contributed by atoms with Gasteiger partial charge in [0, 0.05) is 6.04 Å². The van der Waals surface area contributed by atoms with E-state index in [1.807, 2.05) is 13.1 Å². The third kappa shape index (κ3) is 10.6. The predicted molar refractivity (Wildman–Crippen MR) is 98.0 cm³/mol. The summed E-state index contributed by atoms with van der Waals surface area (Å²) in [5.41, 5.74) is 0. The second-order valence-electron chi connectivity index (χ2n) is 6.80. The van der Waals surface area contributed by atoms with Crippen molar-refractivity contribution >= 4 is 44.2 Å². The molecule has 121 valence electrons. The van der Waals surface area contributed by atoms with E-state index in [1.165, 1.54) is 0 Å². The lowest BCUT2D eigenvalue weighted by Gasteiger charge is -2.35. The Balaban J connectivity index is 4.86. The van der Waals surface area contributed by atoms with Gasteiger partial charge in [0.15, 0.2) is 27.1 Å². The molecule has 20 heavy (non-hydrogen) atoms. The van der Waals surface area contributed by atoms with Crippen molar-refractivity contribution in [3.8, 4) is 0 Å². The second-order valence-corrected chi connectivity index (χ2v) is 21.8. The van der Waals surface area contributed by atoms with Gasteiger partial charge in [-0.15, -0.1) is 0 Å². The average molecular weight is 370 g/mol. The van der Waals surface area contributed by atoms with Gasteiger partial charge in [-0.1, -0.05) is 0 Å². The van der Waals surface area contributed by atoms with Gasteiger partial charge in [-0.25, -0.2) is 0 Å². The van der Waals surface area contributed by atoms with Crippen LogP contribution in [-0.4, -0.2) is 44.2 Å². The van der Waals surface area contributed by atoms with E-state index in [1.54, 1.807) is 0 Å². The Morgan fingerprint density at radius 1 is 0.750 bits per heavy atom. The molecule has 0 aromatic heterocycles. The molecule has 1 radical (unpaired) electrons. The molecule has 9 heteroatoms. The summed E-state index contributed by atoms with van der Waals surface area (Å²) in [5.74, 6) is 0. The number of hydrogen-bond donors (Lipinski definition) is 0. The van der Waals surface area contributed by atoms with Gasteiger partial charge in [0.05, 0.1) is 0 Å². The molecule has 0 spiro atoms. The fraction of sp³-hybridized carbons (Fsp3) is 1.00. The van der Waals surface area contributed by atoms with Crippen molar-refractivity contribution < 1.29 is 17.1 Å². The summed E-state index contributed by atoms with van der Waals surface area (Å²) in [4.78, 5) is 11.9. The highest BCUT2D eigenvalue weighted by molar-refractivity contribution is 6.80. The molecule has 0 unspecified atom stereocenters. The molecule has 0 aromatic carbocycles. The third-order valence-corrected chi connectivity index (χ3v) is 15.0. The SMILES string of the molecule is C[SiH](C)O[Si](CCC[Si](C)(C)[O])(O[SiH](C)C)O[SiH](C)C. The molecule has 0 atom stereocenters. The minimum absolute atomic E-state index is 0.788. The zero-order valence-corrected chi connectivity index (χ0v) is 20.0. The maximum Gasteiger partial charge on any atom is 0.468 e. The Morgan fingerprint density at radius 3 is 1.35 bits per heavy atom. The number of rotatable bonds is 10. The first-order chi connectivity index (χ1) is 8.96. The van der Waals surface area contributed by atoms with Crippen molar-refractivity contribution in [1.29, 1.82) is 0 Å². The highest BCUT2D eigenvalue weighted by Gasteiger charge is 2.42. The average Bonchev–Trinajstić information content (AvgIpc) is 2.10. The molecule has 0 N–H and O–H groups in total. The predicted octanol–water partition coefficient (Wildman–Crippen LogP) is 2.95. The van der Waals surface area contributed by atoms with Crippen LogP contribution in [-0.2, 0) is 17.1 Å². The van der Waals surface area contributed by atoms with Gasteiger partial charge in [0.25, 0.3) is 0 Å². The Labute approximate surface area is 132 Å². The van der Waals surface area contributed by atoms with Gasteiger partial charge >= 0.3 is 8.80 Å². The topological polar surface area (TPSA) is 47.6 Å². The van der Waals surface area contributed by atoms with E-state index in [9.17, 15) is 4.80 Å². The summed E-state index contributed by atoms with van der Waals surface area (Å²) >= 11 is 0. The van der Waals surface area contributed by atoms with E-state index in [0.717, 1.165) is 18.5 Å². The van der Waals surface area contributed by atoms with Gasteiger partial charge in [-0.05, 0) is 64.8 Å². The standard InChI is InChI=1S/C11H33O4Si5/c1-16(2)13-20(14-17(3)4,15-18(5)6)11-9-10-19(7,8)12/h16-18H,9-11H2,1-8H3. The van der Waals surface area contributed by atoms with Crippen LogP contribution in [0.25, 0.3) is 0 Å². The molecular formula is C11H33O4Si5. The highest BCUT2D eigenvalue weighted by atomic mass is 28.5. The van der Waals surface area contributed by atoms with Gasteiger partial charge in [0.2, 0.25) is 8.32 Å². The van der Waals surface area contributed by atoms with Crippen molar-refractivity contribution in [3.05, 3.63) is 0 Å². The normalized spacial score (nSPS) is 13.8. The molecule has 0 amide bonds. The lowest BCUT2D eigenvalue weighted by Crippen LogP contribution is -2.53. The van der Waals surface area contributed by atoms with Crippen molar-refractivity contribution in [2.24, 2.45) is 0 Å². The molecule has 0 aliphatic rings. The van der Waals surface area contributed by atoms with Gasteiger partial charge in [-0.2, -0.15) is 0 Å². The summed E-state index contributed by atoms with van der Waals surface area (Å²) in [7, 11) is -8.38. The van der Waals surface area contributed by atoms with Crippen LogP contribution in [0, 0.1) is 0 Å². The first kappa shape index (κ1) is 20.9. The molecule has 0 fully saturated rings. The van der Waals surface area contributed by atoms with Crippen molar-refractivity contribution in [1.82, 2.24) is 0 Å². The smallest absolute Gasteiger partial charge is 0.420 e. The fourth-order valence-corrected chi connectivity index (χ4v) is 16.3. The Bertz CT molecular complexity index is 241. The molecule has 0 saturated heterocycles. The van der Waals surface area contributed by atoms with Crippen LogP contribution in [0.2, 0.25) is 64.5 Å². The van der Waals surface area contributed by atoms with Crippen molar-refractivity contribution in [3.63, 3.8) is 0 Å². The minimum atomic E-state index is -2.52. The molecule has 4 nitrogen and oxygen atoms in total. The zero-order valence-electron chi connectivity index (χ0n) is 14.5. The summed E-state index contributed by atoms with van der Waals surface area (Å²) in [6.45, 7) is 16.8. The lowest BCUT2D eigenvalue weighted by atomic mass is 10.6. The summed E-state index contributed by atoms with van der Waals surface area (Å²) in [6.07, 6.45) is 0.901. The third-order valence-electron chi connectivity index (χ3n) is 2.51. The Morgan fingerprint density at radius 2 is 1.10 bits per heavy atom. The number of hydrogen-bond acceptors (Lipinski definition) is 3. The largest absolute Gasteiger partial charge is 0.468 e. The highest BCUT2D eigenvalue weighted by Crippen LogP contribution is 2.24. The van der Waals surface area contributed by atoms with Crippen LogP contribution in [0.3, 0.4) is 0 Å². The first-order valence-corrected chi connectivity index (χ1v) is 21.1. The Hall–Kier alpha value is 0.924. The monoisotopic (exact) mass is 369 g/mol. The van der Waals surface area contributed by atoms with Crippen LogP contribution in [0.4, 0.5) is 0 Å². The van der Waals surface area contributed by atoms with Gasteiger partial charge in [0.1, 0.15) is 0 Å². The zero-order chi connectivity index (χ0) is 16.0. The van der Waals surface area contributed by atoms with E-state index in [2.05, 4.69) is 39.3 Å². The lowest BCUT2D eigenvalue weighted by molar-refractivity contribution is 0.267. The Kier molecular flexibility index (Phi) is 9.57. The van der Waals surface area contributed by atoms with Crippen LogP contribution < -0.4 is 0 Å². The van der Waals surface area contributed by atoms with Gasteiger partial charge < -0.3 is 12.3 Å². The van der Waals surface area contributed by atoms with Crippen molar-refractivity contribution in [2.45, 2.75) is 70.9 Å². The van der Waals surface area contributed by atoms with Crippen molar-refractivity contribution in [2.75, 3.05) is 0 Å². The quantitative estimate of drug-likeness (QED) is 0.556. The van der Waals surface area contributed by atoms with E-state index >= 15 is 0 Å². The summed E-state index contributed by atoms with van der Waals surface area (Å²) < 4.78 is 18.9. The van der Waals surface area contributed by atoms with E-state index in [4.69, 9.17) is 12.3 Å². The molecule has 0 saturated carbocycles.